The number of methoxy groups -OCH3 is 1. The Morgan fingerprint density at radius 3 is 2.71 bits per heavy atom. The standard InChI is InChI=1S/C12H16Cl2N2O/c1-17-9-4-6-16(7-5-9)12-3-2-10(14)11(8-13)15-12/h2-3,9H,4-8H2,1H3. The second kappa shape index (κ2) is 5.89. The van der Waals surface area contributed by atoms with Crippen LogP contribution in [0.5, 0.6) is 0 Å². The van der Waals surface area contributed by atoms with E-state index in [4.69, 9.17) is 27.9 Å². The molecular weight excluding hydrogens is 259 g/mol. The summed E-state index contributed by atoms with van der Waals surface area (Å²) in [6.07, 6.45) is 2.46. The van der Waals surface area contributed by atoms with Crippen molar-refractivity contribution < 1.29 is 4.74 Å². The van der Waals surface area contributed by atoms with E-state index in [1.807, 2.05) is 12.1 Å². The molecule has 0 atom stereocenters. The molecule has 0 aromatic carbocycles. The van der Waals surface area contributed by atoms with Crippen LogP contribution in [0.25, 0.3) is 0 Å². The van der Waals surface area contributed by atoms with E-state index in [2.05, 4.69) is 9.88 Å². The van der Waals surface area contributed by atoms with Crippen molar-refractivity contribution in [1.29, 1.82) is 0 Å². The number of pyridine rings is 1. The first-order valence-corrected chi connectivity index (χ1v) is 6.65. The first kappa shape index (κ1) is 12.9. The molecule has 17 heavy (non-hydrogen) atoms. The van der Waals surface area contributed by atoms with Gasteiger partial charge in [-0.1, -0.05) is 11.6 Å². The summed E-state index contributed by atoms with van der Waals surface area (Å²) in [7, 11) is 1.77. The number of nitrogens with zero attached hydrogens (tertiary/aromatic N) is 2. The van der Waals surface area contributed by atoms with Crippen molar-refractivity contribution in [2.24, 2.45) is 0 Å². The highest BCUT2D eigenvalue weighted by Gasteiger charge is 2.20. The van der Waals surface area contributed by atoms with Crippen molar-refractivity contribution in [1.82, 2.24) is 4.98 Å². The van der Waals surface area contributed by atoms with Gasteiger partial charge in [-0.15, -0.1) is 11.6 Å². The third-order valence-electron chi connectivity index (χ3n) is 3.13. The molecule has 3 nitrogen and oxygen atoms in total. The molecule has 0 radical (unpaired) electrons. The van der Waals surface area contributed by atoms with Crippen molar-refractivity contribution >= 4 is 29.0 Å². The van der Waals surface area contributed by atoms with Crippen LogP contribution < -0.4 is 4.90 Å². The van der Waals surface area contributed by atoms with Gasteiger partial charge in [-0.2, -0.15) is 0 Å². The molecule has 0 N–H and O–H groups in total. The summed E-state index contributed by atoms with van der Waals surface area (Å²) in [5, 5.41) is 0.635. The van der Waals surface area contributed by atoms with Gasteiger partial charge in [-0.05, 0) is 25.0 Å². The number of aromatic nitrogens is 1. The number of alkyl halides is 1. The number of ether oxygens (including phenoxy) is 1. The molecule has 1 aliphatic rings. The van der Waals surface area contributed by atoms with E-state index in [1.165, 1.54) is 0 Å². The first-order chi connectivity index (χ1) is 8.24. The van der Waals surface area contributed by atoms with E-state index in [9.17, 15) is 0 Å². The predicted octanol–water partition coefficient (Wildman–Crippen LogP) is 3.09. The van der Waals surface area contributed by atoms with Crippen LogP contribution in [0.15, 0.2) is 12.1 Å². The van der Waals surface area contributed by atoms with Gasteiger partial charge in [0, 0.05) is 20.2 Å². The summed E-state index contributed by atoms with van der Waals surface area (Å²) in [6, 6.07) is 3.82. The van der Waals surface area contributed by atoms with Crippen molar-refractivity contribution in [3.05, 3.63) is 22.8 Å². The monoisotopic (exact) mass is 274 g/mol. The minimum atomic E-state index is 0.348. The SMILES string of the molecule is COC1CCN(c2ccc(Cl)c(CCl)n2)CC1. The van der Waals surface area contributed by atoms with Gasteiger partial charge in [0.05, 0.1) is 22.7 Å². The predicted molar refractivity (Wildman–Crippen MR) is 71.0 cm³/mol. The van der Waals surface area contributed by atoms with Crippen molar-refractivity contribution in [2.75, 3.05) is 25.1 Å². The first-order valence-electron chi connectivity index (χ1n) is 5.73. The van der Waals surface area contributed by atoms with Crippen LogP contribution in [0.3, 0.4) is 0 Å². The fourth-order valence-corrected chi connectivity index (χ4v) is 2.51. The summed E-state index contributed by atoms with van der Waals surface area (Å²) in [5.74, 6) is 1.31. The van der Waals surface area contributed by atoms with Crippen molar-refractivity contribution in [2.45, 2.75) is 24.8 Å². The van der Waals surface area contributed by atoms with E-state index in [0.717, 1.165) is 37.4 Å². The number of hydrogen-bond donors (Lipinski definition) is 0. The van der Waals surface area contributed by atoms with Crippen molar-refractivity contribution in [3.63, 3.8) is 0 Å². The minimum absolute atomic E-state index is 0.348. The zero-order valence-corrected chi connectivity index (χ0v) is 11.3. The van der Waals surface area contributed by atoms with Gasteiger partial charge in [0.25, 0.3) is 0 Å². The number of halogens is 2. The number of hydrogen-bond acceptors (Lipinski definition) is 3. The summed E-state index contributed by atoms with van der Waals surface area (Å²) in [5.41, 5.74) is 0.750. The molecule has 1 aromatic heterocycles. The van der Waals surface area contributed by atoms with Gasteiger partial charge in [-0.25, -0.2) is 4.98 Å². The Morgan fingerprint density at radius 1 is 1.41 bits per heavy atom. The molecular formula is C12H16Cl2N2O. The molecule has 0 amide bonds. The highest BCUT2D eigenvalue weighted by atomic mass is 35.5. The quantitative estimate of drug-likeness (QED) is 0.793. The van der Waals surface area contributed by atoms with E-state index in [0.29, 0.717) is 17.0 Å². The van der Waals surface area contributed by atoms with E-state index >= 15 is 0 Å². The lowest BCUT2D eigenvalue weighted by atomic mass is 10.1. The number of anilines is 1. The van der Waals surface area contributed by atoms with Crippen LogP contribution in [0.4, 0.5) is 5.82 Å². The molecule has 0 spiro atoms. The molecule has 1 aromatic rings. The Kier molecular flexibility index (Phi) is 4.48. The summed E-state index contributed by atoms with van der Waals surface area (Å²) < 4.78 is 5.35. The summed E-state index contributed by atoms with van der Waals surface area (Å²) >= 11 is 11.8. The molecule has 2 heterocycles. The van der Waals surface area contributed by atoms with Gasteiger partial charge in [-0.3, -0.25) is 0 Å². The highest BCUT2D eigenvalue weighted by Crippen LogP contribution is 2.23. The van der Waals surface area contributed by atoms with Gasteiger partial charge in [0.15, 0.2) is 0 Å². The topological polar surface area (TPSA) is 25.4 Å². The Labute approximate surface area is 112 Å². The molecule has 1 fully saturated rings. The number of piperidine rings is 1. The zero-order chi connectivity index (χ0) is 12.3. The molecule has 94 valence electrons. The summed E-state index contributed by atoms with van der Waals surface area (Å²) in [6.45, 7) is 1.93. The molecule has 0 aliphatic carbocycles. The molecule has 1 aliphatic heterocycles. The Balaban J connectivity index is 2.08. The normalized spacial score (nSPS) is 17.5. The molecule has 5 heteroatoms. The largest absolute Gasteiger partial charge is 0.381 e. The second-order valence-corrected chi connectivity index (χ2v) is 4.83. The number of rotatable bonds is 3. The highest BCUT2D eigenvalue weighted by molar-refractivity contribution is 6.32. The van der Waals surface area contributed by atoms with Crippen LogP contribution in [0.2, 0.25) is 5.02 Å². The third-order valence-corrected chi connectivity index (χ3v) is 3.73. The molecule has 1 saturated heterocycles. The van der Waals surface area contributed by atoms with Crippen molar-refractivity contribution in [3.8, 4) is 0 Å². The maximum Gasteiger partial charge on any atom is 0.128 e. The molecule has 0 saturated carbocycles. The molecule has 2 rings (SSSR count). The molecule has 0 bridgehead atoms. The lowest BCUT2D eigenvalue weighted by Gasteiger charge is -2.32. The van der Waals surface area contributed by atoms with E-state index in [1.54, 1.807) is 7.11 Å². The van der Waals surface area contributed by atoms with Crippen LogP contribution in [0, 0.1) is 0 Å². The fraction of sp³-hybridized carbons (Fsp3) is 0.583. The fourth-order valence-electron chi connectivity index (χ4n) is 2.06. The smallest absolute Gasteiger partial charge is 0.128 e. The van der Waals surface area contributed by atoms with Crippen LogP contribution in [0.1, 0.15) is 18.5 Å². The maximum absolute atomic E-state index is 6.00. The van der Waals surface area contributed by atoms with Crippen LogP contribution in [-0.4, -0.2) is 31.3 Å². The van der Waals surface area contributed by atoms with E-state index < -0.39 is 0 Å². The third kappa shape index (κ3) is 3.03. The van der Waals surface area contributed by atoms with Gasteiger partial charge in [0.1, 0.15) is 5.82 Å². The second-order valence-electron chi connectivity index (χ2n) is 4.15. The van der Waals surface area contributed by atoms with Crippen LogP contribution in [-0.2, 0) is 10.6 Å². The maximum atomic E-state index is 6.00. The molecule has 0 unspecified atom stereocenters. The van der Waals surface area contributed by atoms with Gasteiger partial charge >= 0.3 is 0 Å². The Bertz CT molecular complexity index is 379. The average molecular weight is 275 g/mol. The van der Waals surface area contributed by atoms with Gasteiger partial charge in [0.2, 0.25) is 0 Å². The van der Waals surface area contributed by atoms with E-state index in [-0.39, 0.29) is 0 Å². The lowest BCUT2D eigenvalue weighted by Crippen LogP contribution is -2.37. The van der Waals surface area contributed by atoms with Crippen LogP contribution >= 0.6 is 23.2 Å². The average Bonchev–Trinajstić information content (AvgIpc) is 2.39. The Morgan fingerprint density at radius 2 is 2.12 bits per heavy atom. The summed E-state index contributed by atoms with van der Waals surface area (Å²) in [4.78, 5) is 6.74. The minimum Gasteiger partial charge on any atom is -0.381 e. The Hall–Kier alpha value is -0.510. The lowest BCUT2D eigenvalue weighted by molar-refractivity contribution is 0.0818. The zero-order valence-electron chi connectivity index (χ0n) is 9.83. The van der Waals surface area contributed by atoms with Gasteiger partial charge < -0.3 is 9.64 Å².